The van der Waals surface area contributed by atoms with Crippen molar-refractivity contribution in [1.29, 1.82) is 0 Å². The Bertz CT molecular complexity index is 1460. The van der Waals surface area contributed by atoms with Gasteiger partial charge in [-0.15, -0.1) is 0 Å². The van der Waals surface area contributed by atoms with Crippen LogP contribution in [0.25, 0.3) is 33.4 Å². The van der Waals surface area contributed by atoms with Gasteiger partial charge in [0.1, 0.15) is 5.82 Å². The van der Waals surface area contributed by atoms with Crippen molar-refractivity contribution in [2.45, 2.75) is 25.8 Å². The number of nitrogens with zero attached hydrogens (tertiary/aromatic N) is 4. The SMILES string of the molecule is O=C(C1CC1)N1CCC(Cn2c(-c3ccc(-c4cnc5ccccc5c4)cc3F)n[nH]c2=O)C1. The van der Waals surface area contributed by atoms with Gasteiger partial charge in [-0.25, -0.2) is 14.3 Å². The van der Waals surface area contributed by atoms with Crippen LogP contribution in [0.4, 0.5) is 4.39 Å². The van der Waals surface area contributed by atoms with E-state index in [1.165, 1.54) is 10.6 Å². The molecular formula is C26H24FN5O2. The third-order valence-electron chi connectivity index (χ3n) is 6.86. The zero-order valence-corrected chi connectivity index (χ0v) is 18.6. The van der Waals surface area contributed by atoms with Gasteiger partial charge in [-0.3, -0.25) is 14.3 Å². The fourth-order valence-corrected chi connectivity index (χ4v) is 4.83. The Balaban J connectivity index is 1.26. The number of nitrogens with one attached hydrogen (secondary N) is 1. The van der Waals surface area contributed by atoms with Gasteiger partial charge in [-0.2, -0.15) is 5.10 Å². The first-order chi connectivity index (χ1) is 16.6. The van der Waals surface area contributed by atoms with Crippen LogP contribution in [0.3, 0.4) is 0 Å². The number of carbonyl (C=O) groups is 1. The van der Waals surface area contributed by atoms with Gasteiger partial charge in [0.25, 0.3) is 0 Å². The summed E-state index contributed by atoms with van der Waals surface area (Å²) < 4.78 is 16.8. The predicted molar refractivity (Wildman–Crippen MR) is 126 cm³/mol. The summed E-state index contributed by atoms with van der Waals surface area (Å²) in [4.78, 5) is 31.2. The lowest BCUT2D eigenvalue weighted by Crippen LogP contribution is -2.31. The van der Waals surface area contributed by atoms with Crippen LogP contribution < -0.4 is 5.69 Å². The molecule has 6 rings (SSSR count). The highest BCUT2D eigenvalue weighted by atomic mass is 19.1. The molecule has 0 spiro atoms. The van der Waals surface area contributed by atoms with Crippen molar-refractivity contribution < 1.29 is 9.18 Å². The van der Waals surface area contributed by atoms with Gasteiger partial charge in [0.15, 0.2) is 5.82 Å². The van der Waals surface area contributed by atoms with E-state index in [2.05, 4.69) is 15.2 Å². The number of aromatic amines is 1. The Morgan fingerprint density at radius 3 is 2.76 bits per heavy atom. The number of para-hydroxylation sites is 1. The number of fused-ring (bicyclic) bond motifs is 1. The number of halogens is 1. The number of pyridine rings is 1. The van der Waals surface area contributed by atoms with Gasteiger partial charge in [-0.05, 0) is 55.0 Å². The van der Waals surface area contributed by atoms with E-state index in [9.17, 15) is 9.59 Å². The summed E-state index contributed by atoms with van der Waals surface area (Å²) in [5, 5.41) is 7.57. The molecule has 1 aliphatic heterocycles. The molecular weight excluding hydrogens is 433 g/mol. The fourth-order valence-electron chi connectivity index (χ4n) is 4.83. The largest absolute Gasteiger partial charge is 0.343 e. The smallest absolute Gasteiger partial charge is 0.342 e. The highest BCUT2D eigenvalue weighted by Gasteiger charge is 2.37. The van der Waals surface area contributed by atoms with Gasteiger partial charge in [-0.1, -0.05) is 24.3 Å². The summed E-state index contributed by atoms with van der Waals surface area (Å²) in [6.45, 7) is 1.74. The zero-order chi connectivity index (χ0) is 23.2. The molecule has 1 aliphatic carbocycles. The Morgan fingerprint density at radius 1 is 1.09 bits per heavy atom. The van der Waals surface area contributed by atoms with Crippen molar-refractivity contribution in [3.05, 3.63) is 71.0 Å². The minimum absolute atomic E-state index is 0.141. The van der Waals surface area contributed by atoms with E-state index in [0.29, 0.717) is 25.2 Å². The van der Waals surface area contributed by atoms with Crippen LogP contribution in [0.15, 0.2) is 59.5 Å². The molecule has 0 bridgehead atoms. The lowest BCUT2D eigenvalue weighted by atomic mass is 10.0. The van der Waals surface area contributed by atoms with Gasteiger partial charge >= 0.3 is 5.69 Å². The van der Waals surface area contributed by atoms with Gasteiger partial charge < -0.3 is 4.90 Å². The molecule has 1 saturated heterocycles. The van der Waals surface area contributed by atoms with Crippen LogP contribution in [-0.2, 0) is 11.3 Å². The van der Waals surface area contributed by atoms with Gasteiger partial charge in [0.2, 0.25) is 5.91 Å². The summed E-state index contributed by atoms with van der Waals surface area (Å²) in [7, 11) is 0. The summed E-state index contributed by atoms with van der Waals surface area (Å²) in [6.07, 6.45) is 4.52. The Morgan fingerprint density at radius 2 is 1.94 bits per heavy atom. The number of carbonyl (C=O) groups excluding carboxylic acids is 1. The Labute approximate surface area is 195 Å². The maximum Gasteiger partial charge on any atom is 0.343 e. The van der Waals surface area contributed by atoms with E-state index in [1.54, 1.807) is 12.3 Å². The lowest BCUT2D eigenvalue weighted by Gasteiger charge is -2.16. The molecule has 7 nitrogen and oxygen atoms in total. The van der Waals surface area contributed by atoms with Crippen LogP contribution in [-0.4, -0.2) is 43.6 Å². The average Bonchev–Trinajstić information content (AvgIpc) is 3.51. The van der Waals surface area contributed by atoms with Crippen LogP contribution >= 0.6 is 0 Å². The van der Waals surface area contributed by atoms with Crippen LogP contribution in [0, 0.1) is 17.7 Å². The summed E-state index contributed by atoms with van der Waals surface area (Å²) >= 11 is 0. The normalized spacial score (nSPS) is 18.0. The van der Waals surface area contributed by atoms with Gasteiger partial charge in [0.05, 0.1) is 11.1 Å². The first-order valence-corrected chi connectivity index (χ1v) is 11.7. The quantitative estimate of drug-likeness (QED) is 0.493. The maximum atomic E-state index is 15.3. The van der Waals surface area contributed by atoms with E-state index in [4.69, 9.17) is 0 Å². The molecule has 0 radical (unpaired) electrons. The molecule has 34 heavy (non-hydrogen) atoms. The third kappa shape index (κ3) is 3.79. The summed E-state index contributed by atoms with van der Waals surface area (Å²) in [6, 6.07) is 14.7. The van der Waals surface area contributed by atoms with Crippen molar-refractivity contribution in [3.8, 4) is 22.5 Å². The summed E-state index contributed by atoms with van der Waals surface area (Å²) in [5.74, 6) is 0.381. The number of hydrogen-bond acceptors (Lipinski definition) is 4. The standard InChI is InChI=1S/C26H24FN5O2/c27-22-12-18(20-11-19-3-1-2-4-23(19)28-13-20)7-8-21(22)24-29-30-26(34)32(24)15-16-9-10-31(14-16)25(33)17-5-6-17/h1-4,7-8,11-13,16-17H,5-6,9-10,14-15H2,(H,30,34). The van der Waals surface area contributed by atoms with Crippen molar-refractivity contribution in [2.75, 3.05) is 13.1 Å². The molecule has 1 saturated carbocycles. The number of benzene rings is 2. The van der Waals surface area contributed by atoms with Crippen LogP contribution in [0.5, 0.6) is 0 Å². The second-order valence-electron chi connectivity index (χ2n) is 9.29. The molecule has 3 heterocycles. The fraction of sp³-hybridized carbons (Fsp3) is 0.308. The van der Waals surface area contributed by atoms with Crippen molar-refractivity contribution in [2.24, 2.45) is 11.8 Å². The second-order valence-corrected chi connectivity index (χ2v) is 9.29. The molecule has 2 aromatic heterocycles. The van der Waals surface area contributed by atoms with Gasteiger partial charge in [0, 0.05) is 42.7 Å². The number of aromatic nitrogens is 4. The maximum absolute atomic E-state index is 15.3. The van der Waals surface area contributed by atoms with E-state index < -0.39 is 5.82 Å². The second kappa shape index (κ2) is 8.20. The molecule has 2 aromatic carbocycles. The van der Waals surface area contributed by atoms with Crippen molar-refractivity contribution in [1.82, 2.24) is 24.6 Å². The molecule has 1 unspecified atom stereocenters. The first kappa shape index (κ1) is 20.8. The third-order valence-corrected chi connectivity index (χ3v) is 6.86. The Hall–Kier alpha value is -3.81. The number of H-pyrrole nitrogens is 1. The summed E-state index contributed by atoms with van der Waals surface area (Å²) in [5.41, 5.74) is 2.29. The minimum Gasteiger partial charge on any atom is -0.342 e. The monoisotopic (exact) mass is 457 g/mol. The molecule has 2 aliphatic rings. The topological polar surface area (TPSA) is 83.9 Å². The molecule has 1 N–H and O–H groups in total. The highest BCUT2D eigenvalue weighted by Crippen LogP contribution is 2.33. The van der Waals surface area contributed by atoms with E-state index in [0.717, 1.165) is 35.7 Å². The molecule has 2 fully saturated rings. The van der Waals surface area contributed by atoms with E-state index >= 15 is 4.39 Å². The zero-order valence-electron chi connectivity index (χ0n) is 18.6. The number of amides is 1. The molecule has 1 amide bonds. The minimum atomic E-state index is -0.456. The van der Waals surface area contributed by atoms with Crippen molar-refractivity contribution >= 4 is 16.8 Å². The van der Waals surface area contributed by atoms with E-state index in [-0.39, 0.29) is 34.8 Å². The molecule has 4 aromatic rings. The predicted octanol–water partition coefficient (Wildman–Crippen LogP) is 3.85. The van der Waals surface area contributed by atoms with E-state index in [1.807, 2.05) is 41.3 Å². The Kier molecular flexibility index (Phi) is 5.01. The number of likely N-dealkylation sites (tertiary alicyclic amines) is 1. The molecule has 8 heteroatoms. The highest BCUT2D eigenvalue weighted by molar-refractivity contribution is 5.84. The van der Waals surface area contributed by atoms with Crippen LogP contribution in [0.2, 0.25) is 0 Å². The first-order valence-electron chi connectivity index (χ1n) is 11.7. The number of rotatable bonds is 5. The average molecular weight is 458 g/mol. The number of hydrogen-bond donors (Lipinski definition) is 1. The molecule has 172 valence electrons. The molecule has 1 atom stereocenters. The van der Waals surface area contributed by atoms with Crippen LogP contribution in [0.1, 0.15) is 19.3 Å². The van der Waals surface area contributed by atoms with Crippen molar-refractivity contribution in [3.63, 3.8) is 0 Å². The lowest BCUT2D eigenvalue weighted by molar-refractivity contribution is -0.131.